The van der Waals surface area contributed by atoms with Gasteiger partial charge in [0.1, 0.15) is 0 Å². The highest BCUT2D eigenvalue weighted by Crippen LogP contribution is 2.18. The lowest BCUT2D eigenvalue weighted by molar-refractivity contribution is 0.0988. The highest BCUT2D eigenvalue weighted by molar-refractivity contribution is 5.97. The lowest BCUT2D eigenvalue weighted by Crippen LogP contribution is -2.08. The minimum Gasteiger partial charge on any atom is -0.294 e. The van der Waals surface area contributed by atoms with E-state index in [0.717, 1.165) is 16.7 Å². The summed E-state index contributed by atoms with van der Waals surface area (Å²) in [4.78, 5) is 12.1. The third-order valence-corrected chi connectivity index (χ3v) is 3.51. The predicted octanol–water partition coefficient (Wildman–Crippen LogP) is 4.32. The predicted molar refractivity (Wildman–Crippen MR) is 75.0 cm³/mol. The molecule has 0 N–H and O–H groups in total. The zero-order chi connectivity index (χ0) is 14.9. The molecule has 2 aromatic rings. The molecule has 0 radical (unpaired) electrons. The average molecular weight is 274 g/mol. The number of carbonyl (C=O) groups is 1. The van der Waals surface area contributed by atoms with E-state index in [-0.39, 0.29) is 17.5 Å². The van der Waals surface area contributed by atoms with Crippen molar-refractivity contribution in [2.75, 3.05) is 0 Å². The Morgan fingerprint density at radius 2 is 1.55 bits per heavy atom. The third-order valence-electron chi connectivity index (χ3n) is 3.51. The van der Waals surface area contributed by atoms with Crippen LogP contribution >= 0.6 is 0 Å². The summed E-state index contributed by atoms with van der Waals surface area (Å²) in [5.74, 6) is -2.42. The number of halogens is 2. The Morgan fingerprint density at radius 3 is 2.20 bits per heavy atom. The standard InChI is InChI=1S/C17H16F2O/c1-10-4-6-13(8-12(10)3)9-15(20)14-7-5-11(2)16(18)17(14)19/h4-8H,9H2,1-3H3. The highest BCUT2D eigenvalue weighted by Gasteiger charge is 2.17. The number of ketones is 1. The van der Waals surface area contributed by atoms with Crippen LogP contribution in [0.25, 0.3) is 0 Å². The summed E-state index contributed by atoms with van der Waals surface area (Å²) < 4.78 is 27.2. The van der Waals surface area contributed by atoms with Crippen molar-refractivity contribution in [2.24, 2.45) is 0 Å². The molecule has 0 aromatic heterocycles. The molecular weight excluding hydrogens is 258 g/mol. The first-order chi connectivity index (χ1) is 9.40. The molecule has 0 aliphatic rings. The van der Waals surface area contributed by atoms with Gasteiger partial charge in [0.15, 0.2) is 17.4 Å². The molecule has 0 spiro atoms. The molecule has 0 saturated carbocycles. The number of Topliss-reactive ketones (excluding diaryl/α,β-unsaturated/α-hetero) is 1. The second-order valence-electron chi connectivity index (χ2n) is 5.08. The zero-order valence-electron chi connectivity index (χ0n) is 11.8. The monoisotopic (exact) mass is 274 g/mol. The van der Waals surface area contributed by atoms with Crippen LogP contribution in [0.5, 0.6) is 0 Å². The van der Waals surface area contributed by atoms with Gasteiger partial charge in [-0.25, -0.2) is 8.78 Å². The minimum absolute atomic E-state index is 0.0700. The van der Waals surface area contributed by atoms with Gasteiger partial charge in [0.2, 0.25) is 0 Å². The Morgan fingerprint density at radius 1 is 0.900 bits per heavy atom. The fourth-order valence-electron chi connectivity index (χ4n) is 2.06. The first-order valence-electron chi connectivity index (χ1n) is 6.44. The average Bonchev–Trinajstić information content (AvgIpc) is 2.40. The number of aryl methyl sites for hydroxylation is 3. The van der Waals surface area contributed by atoms with Gasteiger partial charge in [-0.3, -0.25) is 4.79 Å². The van der Waals surface area contributed by atoms with Crippen molar-refractivity contribution in [3.05, 3.63) is 69.8 Å². The normalized spacial score (nSPS) is 10.7. The maximum atomic E-state index is 13.8. The molecule has 0 saturated heterocycles. The van der Waals surface area contributed by atoms with Gasteiger partial charge in [-0.15, -0.1) is 0 Å². The Hall–Kier alpha value is -2.03. The summed E-state index contributed by atoms with van der Waals surface area (Å²) in [6.07, 6.45) is 0.0700. The molecule has 0 aliphatic heterocycles. The van der Waals surface area contributed by atoms with Gasteiger partial charge in [-0.2, -0.15) is 0 Å². The Bertz CT molecular complexity index is 675. The van der Waals surface area contributed by atoms with Gasteiger partial charge in [0.25, 0.3) is 0 Å². The lowest BCUT2D eigenvalue weighted by atomic mass is 9.98. The Kier molecular flexibility index (Phi) is 3.98. The summed E-state index contributed by atoms with van der Waals surface area (Å²) in [5.41, 5.74) is 3.02. The molecule has 20 heavy (non-hydrogen) atoms. The molecule has 1 nitrogen and oxygen atoms in total. The van der Waals surface area contributed by atoms with Gasteiger partial charge in [0.05, 0.1) is 5.56 Å². The van der Waals surface area contributed by atoms with Crippen molar-refractivity contribution in [1.29, 1.82) is 0 Å². The first-order valence-corrected chi connectivity index (χ1v) is 6.44. The molecule has 0 amide bonds. The van der Waals surface area contributed by atoms with Crippen LogP contribution in [-0.4, -0.2) is 5.78 Å². The van der Waals surface area contributed by atoms with Crippen molar-refractivity contribution in [2.45, 2.75) is 27.2 Å². The Labute approximate surface area is 117 Å². The van der Waals surface area contributed by atoms with E-state index in [1.165, 1.54) is 19.1 Å². The number of hydrogen-bond acceptors (Lipinski definition) is 1. The van der Waals surface area contributed by atoms with Crippen LogP contribution in [0.3, 0.4) is 0 Å². The highest BCUT2D eigenvalue weighted by atomic mass is 19.2. The van der Waals surface area contributed by atoms with Crippen molar-refractivity contribution in [3.63, 3.8) is 0 Å². The summed E-state index contributed by atoms with van der Waals surface area (Å²) in [7, 11) is 0. The Balaban J connectivity index is 2.28. The maximum absolute atomic E-state index is 13.8. The molecular formula is C17H16F2O. The van der Waals surface area contributed by atoms with Gasteiger partial charge < -0.3 is 0 Å². The third kappa shape index (κ3) is 2.77. The van der Waals surface area contributed by atoms with E-state index in [1.54, 1.807) is 0 Å². The molecule has 104 valence electrons. The summed E-state index contributed by atoms with van der Waals surface area (Å²) in [6, 6.07) is 8.42. The van der Waals surface area contributed by atoms with E-state index in [0.29, 0.717) is 0 Å². The molecule has 0 atom stereocenters. The van der Waals surface area contributed by atoms with Crippen LogP contribution in [-0.2, 0) is 6.42 Å². The summed E-state index contributed by atoms with van der Waals surface area (Å²) in [6.45, 7) is 5.40. The smallest absolute Gasteiger partial charge is 0.170 e. The minimum atomic E-state index is -1.06. The van der Waals surface area contributed by atoms with E-state index in [4.69, 9.17) is 0 Å². The fourth-order valence-corrected chi connectivity index (χ4v) is 2.06. The lowest BCUT2D eigenvalue weighted by Gasteiger charge is -2.07. The molecule has 0 fully saturated rings. The van der Waals surface area contributed by atoms with Crippen LogP contribution in [0.2, 0.25) is 0 Å². The van der Waals surface area contributed by atoms with Gasteiger partial charge in [-0.05, 0) is 49.1 Å². The van der Waals surface area contributed by atoms with E-state index < -0.39 is 17.4 Å². The molecule has 0 unspecified atom stereocenters. The van der Waals surface area contributed by atoms with E-state index >= 15 is 0 Å². The summed E-state index contributed by atoms with van der Waals surface area (Å²) >= 11 is 0. The molecule has 3 heteroatoms. The zero-order valence-corrected chi connectivity index (χ0v) is 11.8. The van der Waals surface area contributed by atoms with Crippen LogP contribution < -0.4 is 0 Å². The maximum Gasteiger partial charge on any atom is 0.170 e. The number of hydrogen-bond donors (Lipinski definition) is 0. The molecule has 2 rings (SSSR count). The van der Waals surface area contributed by atoms with Crippen molar-refractivity contribution in [1.82, 2.24) is 0 Å². The fraction of sp³-hybridized carbons (Fsp3) is 0.235. The van der Waals surface area contributed by atoms with Gasteiger partial charge in [0, 0.05) is 6.42 Å². The van der Waals surface area contributed by atoms with E-state index in [1.807, 2.05) is 32.0 Å². The van der Waals surface area contributed by atoms with Gasteiger partial charge in [-0.1, -0.05) is 24.3 Å². The quantitative estimate of drug-likeness (QED) is 0.762. The van der Waals surface area contributed by atoms with Crippen LogP contribution in [0, 0.1) is 32.4 Å². The topological polar surface area (TPSA) is 17.1 Å². The van der Waals surface area contributed by atoms with Gasteiger partial charge >= 0.3 is 0 Å². The van der Waals surface area contributed by atoms with Crippen molar-refractivity contribution >= 4 is 5.78 Å². The molecule has 2 aromatic carbocycles. The second kappa shape index (κ2) is 5.53. The second-order valence-corrected chi connectivity index (χ2v) is 5.08. The van der Waals surface area contributed by atoms with Crippen molar-refractivity contribution in [3.8, 4) is 0 Å². The van der Waals surface area contributed by atoms with Crippen molar-refractivity contribution < 1.29 is 13.6 Å². The summed E-state index contributed by atoms with van der Waals surface area (Å²) in [5, 5.41) is 0. The number of benzene rings is 2. The molecule has 0 heterocycles. The van der Waals surface area contributed by atoms with Crippen LogP contribution in [0.4, 0.5) is 8.78 Å². The van der Waals surface area contributed by atoms with Crippen LogP contribution in [0.15, 0.2) is 30.3 Å². The van der Waals surface area contributed by atoms with E-state index in [9.17, 15) is 13.6 Å². The largest absolute Gasteiger partial charge is 0.294 e. The SMILES string of the molecule is Cc1ccc(CC(=O)c2ccc(C)c(F)c2F)cc1C. The molecule has 0 bridgehead atoms. The number of carbonyl (C=O) groups excluding carboxylic acids is 1. The number of rotatable bonds is 3. The first kappa shape index (κ1) is 14.4. The van der Waals surface area contributed by atoms with E-state index in [2.05, 4.69) is 0 Å². The molecule has 0 aliphatic carbocycles. The van der Waals surface area contributed by atoms with Crippen LogP contribution in [0.1, 0.15) is 32.6 Å².